The Hall–Kier alpha value is -3.58. The largest absolute Gasteiger partial charge is 0.497 e. The Kier molecular flexibility index (Phi) is 8.62. The van der Waals surface area contributed by atoms with Gasteiger partial charge in [0.15, 0.2) is 11.6 Å². The molecule has 0 radical (unpaired) electrons. The maximum Gasteiger partial charge on any atom is 0.258 e. The third-order valence-corrected chi connectivity index (χ3v) is 9.99. The van der Waals surface area contributed by atoms with Crippen LogP contribution in [0, 0.1) is 5.82 Å². The fraction of sp³-hybridized carbons (Fsp3) is 0.472. The molecule has 6 rings (SSSR count). The number of methoxy groups -OCH3 is 2. The van der Waals surface area contributed by atoms with Crippen molar-refractivity contribution in [1.29, 1.82) is 0 Å². The van der Waals surface area contributed by atoms with Crippen LogP contribution in [-0.2, 0) is 12.8 Å². The van der Waals surface area contributed by atoms with Crippen molar-refractivity contribution in [2.45, 2.75) is 82.4 Å². The average molecular weight is 587 g/mol. The second-order valence-corrected chi connectivity index (χ2v) is 12.3. The maximum atomic E-state index is 15.4. The van der Waals surface area contributed by atoms with Crippen LogP contribution in [0.2, 0.25) is 0 Å². The highest BCUT2D eigenvalue weighted by molar-refractivity contribution is 6.06. The number of carbonyl (C=O) groups excluding carboxylic acids is 1. The van der Waals surface area contributed by atoms with Crippen LogP contribution in [0.3, 0.4) is 0 Å². The van der Waals surface area contributed by atoms with E-state index in [2.05, 4.69) is 30.1 Å². The van der Waals surface area contributed by atoms with Crippen molar-refractivity contribution in [2.24, 2.45) is 0 Å². The van der Waals surface area contributed by atoms with Crippen molar-refractivity contribution in [3.63, 3.8) is 0 Å². The van der Waals surface area contributed by atoms with Crippen molar-refractivity contribution in [2.75, 3.05) is 32.7 Å². The van der Waals surface area contributed by atoms with Gasteiger partial charge in [-0.1, -0.05) is 12.1 Å². The van der Waals surface area contributed by atoms with E-state index < -0.39 is 5.82 Å². The molecular formula is C36H43FN2O4. The Bertz CT molecular complexity index is 1480. The van der Waals surface area contributed by atoms with Gasteiger partial charge < -0.3 is 24.0 Å². The third-order valence-electron chi connectivity index (χ3n) is 9.99. The molecule has 228 valence electrons. The number of nitrogens with zero attached hydrogens (tertiary/aromatic N) is 2. The summed E-state index contributed by atoms with van der Waals surface area (Å²) in [5.74, 6) is 1.30. The monoisotopic (exact) mass is 586 g/mol. The van der Waals surface area contributed by atoms with Crippen LogP contribution in [-0.4, -0.2) is 56.8 Å². The van der Waals surface area contributed by atoms with E-state index in [1.807, 2.05) is 25.1 Å². The number of benzene rings is 3. The van der Waals surface area contributed by atoms with Crippen molar-refractivity contribution in [3.8, 4) is 17.2 Å². The van der Waals surface area contributed by atoms with Crippen molar-refractivity contribution >= 4 is 11.6 Å². The van der Waals surface area contributed by atoms with Gasteiger partial charge in [-0.05, 0) is 124 Å². The highest BCUT2D eigenvalue weighted by atomic mass is 19.1. The Labute approximate surface area is 254 Å². The minimum absolute atomic E-state index is 0.0120. The first-order chi connectivity index (χ1) is 20.9. The van der Waals surface area contributed by atoms with E-state index in [9.17, 15) is 4.79 Å². The Balaban J connectivity index is 1.23. The summed E-state index contributed by atoms with van der Waals surface area (Å²) >= 11 is 0. The number of ether oxygens (including phenoxy) is 3. The fourth-order valence-electron chi connectivity index (χ4n) is 7.47. The predicted octanol–water partition coefficient (Wildman–Crippen LogP) is 7.18. The molecule has 3 aromatic carbocycles. The molecule has 0 spiro atoms. The molecule has 4 atom stereocenters. The molecule has 43 heavy (non-hydrogen) atoms. The molecule has 3 aromatic rings. The number of carbonyl (C=O) groups is 1. The molecule has 7 heteroatoms. The molecule has 4 unspecified atom stereocenters. The van der Waals surface area contributed by atoms with Gasteiger partial charge in [0.25, 0.3) is 5.91 Å². The normalized spacial score (nSPS) is 23.3. The third kappa shape index (κ3) is 5.97. The van der Waals surface area contributed by atoms with Crippen LogP contribution in [0.1, 0.15) is 78.4 Å². The molecule has 2 heterocycles. The Morgan fingerprint density at radius 3 is 2.42 bits per heavy atom. The molecule has 0 aromatic heterocycles. The predicted molar refractivity (Wildman–Crippen MR) is 167 cm³/mol. The number of aryl methyl sites for hydroxylation is 1. The van der Waals surface area contributed by atoms with Crippen LogP contribution in [0.15, 0.2) is 54.6 Å². The lowest BCUT2D eigenvalue weighted by Crippen LogP contribution is -2.32. The van der Waals surface area contributed by atoms with E-state index >= 15 is 4.39 Å². The van der Waals surface area contributed by atoms with E-state index in [1.54, 1.807) is 31.3 Å². The zero-order valence-corrected chi connectivity index (χ0v) is 25.8. The molecule has 2 saturated heterocycles. The molecule has 2 aliphatic heterocycles. The van der Waals surface area contributed by atoms with Crippen LogP contribution in [0.25, 0.3) is 0 Å². The highest BCUT2D eigenvalue weighted by Gasteiger charge is 2.36. The molecule has 0 saturated carbocycles. The Morgan fingerprint density at radius 1 is 0.907 bits per heavy atom. The fourth-order valence-corrected chi connectivity index (χ4v) is 7.47. The molecule has 0 N–H and O–H groups in total. The minimum Gasteiger partial charge on any atom is -0.497 e. The summed E-state index contributed by atoms with van der Waals surface area (Å²) in [7, 11) is 5.52. The quantitative estimate of drug-likeness (QED) is 0.280. The summed E-state index contributed by atoms with van der Waals surface area (Å²) < 4.78 is 32.6. The number of hydrogen-bond acceptors (Lipinski definition) is 5. The summed E-state index contributed by atoms with van der Waals surface area (Å²) in [6, 6.07) is 18.0. The standard InChI is InChI=1S/C36H43FN2O4/c1-5-39(34-22-30(42-4)15-16-32(34)25-7-6-24-19-29(41-3)13-8-23(24)18-25)36(40)26-9-17-35(33(37)20-26)43-31-14-12-27-10-11-28(21-31)38(27)2/h8-9,13,15-17,19-20,22,25,27-28,31H,5-7,10-12,14,18,21H2,1-4H3. The molecule has 2 fully saturated rings. The smallest absolute Gasteiger partial charge is 0.258 e. The summed E-state index contributed by atoms with van der Waals surface area (Å²) in [5, 5.41) is 0. The van der Waals surface area contributed by atoms with E-state index in [1.165, 1.54) is 30.0 Å². The molecule has 1 amide bonds. The second-order valence-electron chi connectivity index (χ2n) is 12.3. The number of hydrogen-bond donors (Lipinski definition) is 0. The van der Waals surface area contributed by atoms with Crippen molar-refractivity contribution in [3.05, 3.63) is 82.7 Å². The van der Waals surface area contributed by atoms with E-state index in [4.69, 9.17) is 14.2 Å². The van der Waals surface area contributed by atoms with Gasteiger partial charge in [0.05, 0.1) is 19.9 Å². The second kappa shape index (κ2) is 12.6. The molecule has 3 aliphatic rings. The van der Waals surface area contributed by atoms with E-state index in [0.717, 1.165) is 55.5 Å². The van der Waals surface area contributed by atoms with Gasteiger partial charge in [-0.3, -0.25) is 4.79 Å². The lowest BCUT2D eigenvalue weighted by Gasteiger charge is -2.31. The lowest BCUT2D eigenvalue weighted by atomic mass is 9.79. The number of halogens is 1. The van der Waals surface area contributed by atoms with Gasteiger partial charge in [-0.25, -0.2) is 4.39 Å². The molecule has 1 aliphatic carbocycles. The van der Waals surface area contributed by atoms with Gasteiger partial charge in [-0.15, -0.1) is 0 Å². The first-order valence-corrected chi connectivity index (χ1v) is 15.7. The molecule has 6 nitrogen and oxygen atoms in total. The topological polar surface area (TPSA) is 51.2 Å². The number of fused-ring (bicyclic) bond motifs is 3. The van der Waals surface area contributed by atoms with E-state index in [0.29, 0.717) is 29.9 Å². The zero-order valence-electron chi connectivity index (χ0n) is 25.8. The van der Waals surface area contributed by atoms with Crippen LogP contribution >= 0.6 is 0 Å². The van der Waals surface area contributed by atoms with Gasteiger partial charge in [-0.2, -0.15) is 0 Å². The van der Waals surface area contributed by atoms with Crippen molar-refractivity contribution < 1.29 is 23.4 Å². The molecular weight excluding hydrogens is 543 g/mol. The van der Waals surface area contributed by atoms with Gasteiger partial charge in [0.1, 0.15) is 17.6 Å². The number of rotatable bonds is 8. The zero-order chi connectivity index (χ0) is 30.1. The summed E-state index contributed by atoms with van der Waals surface area (Å²) in [6.07, 6.45) is 8.10. The number of anilines is 1. The van der Waals surface area contributed by atoms with Crippen LogP contribution in [0.5, 0.6) is 17.2 Å². The van der Waals surface area contributed by atoms with Gasteiger partial charge >= 0.3 is 0 Å². The summed E-state index contributed by atoms with van der Waals surface area (Å²) in [5.41, 5.74) is 4.84. The van der Waals surface area contributed by atoms with Crippen LogP contribution in [0.4, 0.5) is 10.1 Å². The minimum atomic E-state index is -0.491. The number of amides is 1. The lowest BCUT2D eigenvalue weighted by molar-refractivity contribution is 0.0987. The Morgan fingerprint density at radius 2 is 1.65 bits per heavy atom. The van der Waals surface area contributed by atoms with Gasteiger partial charge in [0, 0.05) is 30.3 Å². The highest BCUT2D eigenvalue weighted by Crippen LogP contribution is 2.41. The van der Waals surface area contributed by atoms with Crippen LogP contribution < -0.4 is 19.1 Å². The van der Waals surface area contributed by atoms with Crippen molar-refractivity contribution in [1.82, 2.24) is 4.90 Å². The van der Waals surface area contributed by atoms with E-state index in [-0.39, 0.29) is 23.7 Å². The SMILES string of the molecule is CCN(C(=O)c1ccc(OC2CCC3CCC(C2)N3C)c(F)c1)c1cc(OC)ccc1C1CCc2cc(OC)ccc2C1. The maximum absolute atomic E-state index is 15.4. The van der Waals surface area contributed by atoms with Gasteiger partial charge in [0.2, 0.25) is 0 Å². The summed E-state index contributed by atoms with van der Waals surface area (Å²) in [6.45, 7) is 2.39. The first kappa shape index (κ1) is 29.5. The first-order valence-electron chi connectivity index (χ1n) is 15.7. The molecule has 2 bridgehead atoms. The summed E-state index contributed by atoms with van der Waals surface area (Å²) in [4.78, 5) is 18.2. The average Bonchev–Trinajstić information content (AvgIpc) is 3.29.